The molecular formula is C11H16N4O2. The van der Waals surface area contributed by atoms with Gasteiger partial charge in [0.05, 0.1) is 16.9 Å². The van der Waals surface area contributed by atoms with Crippen LogP contribution in [0.3, 0.4) is 0 Å². The van der Waals surface area contributed by atoms with Crippen LogP contribution < -0.4 is 22.9 Å². The molecule has 0 heterocycles. The lowest BCUT2D eigenvalue weighted by Crippen LogP contribution is -2.23. The van der Waals surface area contributed by atoms with Gasteiger partial charge in [-0.1, -0.05) is 6.92 Å². The molecule has 1 rings (SSSR count). The minimum Gasteiger partial charge on any atom is -0.398 e. The first kappa shape index (κ1) is 12.8. The highest BCUT2D eigenvalue weighted by Gasteiger charge is 2.23. The smallest absolute Gasteiger partial charge is 0.252 e. The lowest BCUT2D eigenvalue weighted by atomic mass is 9.91. The number of amides is 2. The average Bonchev–Trinajstić information content (AvgIpc) is 2.22. The number of carbonyl (C=O) groups is 2. The summed E-state index contributed by atoms with van der Waals surface area (Å²) in [5.74, 6) is -1.33. The number of hydrogen-bond acceptors (Lipinski definition) is 4. The zero-order chi connectivity index (χ0) is 13.3. The van der Waals surface area contributed by atoms with Crippen LogP contribution in [0, 0.1) is 6.92 Å². The summed E-state index contributed by atoms with van der Waals surface area (Å²) in [7, 11) is 0. The summed E-state index contributed by atoms with van der Waals surface area (Å²) in [5, 5.41) is 0. The highest BCUT2D eigenvalue weighted by molar-refractivity contribution is 6.09. The molecule has 0 aliphatic heterocycles. The van der Waals surface area contributed by atoms with E-state index in [1.54, 1.807) is 13.8 Å². The molecule has 0 saturated heterocycles. The van der Waals surface area contributed by atoms with Crippen molar-refractivity contribution >= 4 is 23.2 Å². The van der Waals surface area contributed by atoms with Crippen LogP contribution in [-0.4, -0.2) is 11.8 Å². The highest BCUT2D eigenvalue weighted by Crippen LogP contribution is 2.31. The van der Waals surface area contributed by atoms with Gasteiger partial charge >= 0.3 is 0 Å². The SMILES string of the molecule is CCc1c(N)c(C(N)=O)c(N)c(C)c1C(N)=O. The topological polar surface area (TPSA) is 138 Å². The van der Waals surface area contributed by atoms with Crippen LogP contribution in [-0.2, 0) is 6.42 Å². The van der Waals surface area contributed by atoms with Crippen LogP contribution in [0.4, 0.5) is 11.4 Å². The second-order valence-corrected chi connectivity index (χ2v) is 3.76. The van der Waals surface area contributed by atoms with E-state index in [2.05, 4.69) is 0 Å². The molecule has 0 fully saturated rings. The van der Waals surface area contributed by atoms with Crippen LogP contribution in [0.5, 0.6) is 0 Å². The zero-order valence-electron chi connectivity index (χ0n) is 9.83. The third kappa shape index (κ3) is 1.89. The third-order valence-corrected chi connectivity index (χ3v) is 2.79. The maximum absolute atomic E-state index is 11.4. The molecule has 6 heteroatoms. The van der Waals surface area contributed by atoms with Crippen molar-refractivity contribution in [3.8, 4) is 0 Å². The first-order chi connectivity index (χ1) is 7.82. The number of benzene rings is 1. The van der Waals surface area contributed by atoms with E-state index in [9.17, 15) is 9.59 Å². The zero-order valence-corrected chi connectivity index (χ0v) is 9.83. The largest absolute Gasteiger partial charge is 0.398 e. The Labute approximate surface area is 98.9 Å². The molecule has 17 heavy (non-hydrogen) atoms. The molecule has 0 unspecified atom stereocenters. The van der Waals surface area contributed by atoms with Gasteiger partial charge in [0, 0.05) is 5.56 Å². The Morgan fingerprint density at radius 2 is 1.47 bits per heavy atom. The van der Waals surface area contributed by atoms with Crippen LogP contribution in [0.2, 0.25) is 0 Å². The number of carbonyl (C=O) groups excluding carboxylic acids is 2. The number of hydrogen-bond donors (Lipinski definition) is 4. The molecule has 1 aromatic rings. The van der Waals surface area contributed by atoms with Crippen molar-refractivity contribution in [2.24, 2.45) is 11.5 Å². The van der Waals surface area contributed by atoms with E-state index in [0.29, 0.717) is 17.5 Å². The van der Waals surface area contributed by atoms with Crippen molar-refractivity contribution in [1.29, 1.82) is 0 Å². The van der Waals surface area contributed by atoms with E-state index in [1.807, 2.05) is 0 Å². The Bertz CT molecular complexity index is 509. The van der Waals surface area contributed by atoms with Crippen LogP contribution in [0.25, 0.3) is 0 Å². The Hall–Kier alpha value is -2.24. The molecule has 0 spiro atoms. The number of primary amides is 2. The Balaban J connectivity index is 3.81. The lowest BCUT2D eigenvalue weighted by molar-refractivity contribution is 0.0988. The van der Waals surface area contributed by atoms with Crippen molar-refractivity contribution in [3.05, 3.63) is 22.3 Å². The van der Waals surface area contributed by atoms with Crippen LogP contribution in [0.15, 0.2) is 0 Å². The monoisotopic (exact) mass is 236 g/mol. The van der Waals surface area contributed by atoms with Gasteiger partial charge in [-0.15, -0.1) is 0 Å². The lowest BCUT2D eigenvalue weighted by Gasteiger charge is -2.17. The Kier molecular flexibility index (Phi) is 3.26. The summed E-state index contributed by atoms with van der Waals surface area (Å²) >= 11 is 0. The maximum atomic E-state index is 11.4. The van der Waals surface area contributed by atoms with E-state index >= 15 is 0 Å². The van der Waals surface area contributed by atoms with Crippen molar-refractivity contribution in [2.45, 2.75) is 20.3 Å². The molecule has 0 aliphatic rings. The van der Waals surface area contributed by atoms with Crippen molar-refractivity contribution < 1.29 is 9.59 Å². The second kappa shape index (κ2) is 4.32. The minimum absolute atomic E-state index is 0.0596. The number of rotatable bonds is 3. The molecule has 6 nitrogen and oxygen atoms in total. The summed E-state index contributed by atoms with van der Waals surface area (Å²) in [6.45, 7) is 3.42. The summed E-state index contributed by atoms with van der Waals surface area (Å²) in [6, 6.07) is 0. The van der Waals surface area contributed by atoms with Gasteiger partial charge in [0.25, 0.3) is 5.91 Å². The summed E-state index contributed by atoms with van der Waals surface area (Å²) in [5.41, 5.74) is 23.6. The first-order valence-electron chi connectivity index (χ1n) is 5.12. The standard InChI is InChI=1S/C11H16N4O2/c1-3-5-6(10(14)16)4(2)8(12)7(9(5)13)11(15)17/h3,12-13H2,1-2H3,(H2,14,16)(H2,15,17). The predicted octanol–water partition coefficient (Wildman–Crippen LogP) is -0.0804. The van der Waals surface area contributed by atoms with E-state index < -0.39 is 11.8 Å². The predicted molar refractivity (Wildman–Crippen MR) is 66.4 cm³/mol. The normalized spacial score (nSPS) is 10.2. The second-order valence-electron chi connectivity index (χ2n) is 3.76. The van der Waals surface area contributed by atoms with Crippen molar-refractivity contribution in [2.75, 3.05) is 11.5 Å². The van der Waals surface area contributed by atoms with Gasteiger partial charge < -0.3 is 22.9 Å². The van der Waals surface area contributed by atoms with E-state index in [1.165, 1.54) is 0 Å². The van der Waals surface area contributed by atoms with E-state index in [0.717, 1.165) is 0 Å². The fraction of sp³-hybridized carbons (Fsp3) is 0.273. The van der Waals surface area contributed by atoms with Gasteiger partial charge in [-0.05, 0) is 24.5 Å². The van der Waals surface area contributed by atoms with Gasteiger partial charge in [0.2, 0.25) is 5.91 Å². The van der Waals surface area contributed by atoms with Gasteiger partial charge in [0.1, 0.15) is 0 Å². The fourth-order valence-corrected chi connectivity index (χ4v) is 1.95. The Morgan fingerprint density at radius 3 is 1.82 bits per heavy atom. The molecule has 8 N–H and O–H groups in total. The van der Waals surface area contributed by atoms with Crippen molar-refractivity contribution in [3.63, 3.8) is 0 Å². The molecule has 1 aromatic carbocycles. The maximum Gasteiger partial charge on any atom is 0.252 e. The van der Waals surface area contributed by atoms with Gasteiger partial charge in [-0.3, -0.25) is 9.59 Å². The van der Waals surface area contributed by atoms with Crippen molar-refractivity contribution in [1.82, 2.24) is 0 Å². The summed E-state index contributed by atoms with van der Waals surface area (Å²) in [4.78, 5) is 22.7. The molecular weight excluding hydrogens is 220 g/mol. The van der Waals surface area contributed by atoms with Crippen LogP contribution in [0.1, 0.15) is 38.8 Å². The quantitative estimate of drug-likeness (QED) is 0.545. The summed E-state index contributed by atoms with van der Waals surface area (Å²) < 4.78 is 0. The average molecular weight is 236 g/mol. The Morgan fingerprint density at radius 1 is 1.00 bits per heavy atom. The molecule has 92 valence electrons. The molecule has 0 saturated carbocycles. The minimum atomic E-state index is -0.714. The molecule has 0 aromatic heterocycles. The van der Waals surface area contributed by atoms with E-state index in [-0.39, 0.29) is 22.5 Å². The van der Waals surface area contributed by atoms with Gasteiger partial charge in [-0.2, -0.15) is 0 Å². The van der Waals surface area contributed by atoms with E-state index in [4.69, 9.17) is 22.9 Å². The number of nitrogens with two attached hydrogens (primary N) is 4. The summed E-state index contributed by atoms with van der Waals surface area (Å²) in [6.07, 6.45) is 0.464. The number of nitrogen functional groups attached to an aromatic ring is 2. The molecule has 0 atom stereocenters. The molecule has 0 aliphatic carbocycles. The van der Waals surface area contributed by atoms with Gasteiger partial charge in [-0.25, -0.2) is 0 Å². The molecule has 0 radical (unpaired) electrons. The van der Waals surface area contributed by atoms with Gasteiger partial charge in [0.15, 0.2) is 0 Å². The van der Waals surface area contributed by atoms with Crippen LogP contribution >= 0.6 is 0 Å². The highest BCUT2D eigenvalue weighted by atomic mass is 16.1. The third-order valence-electron chi connectivity index (χ3n) is 2.79. The number of anilines is 2. The fourth-order valence-electron chi connectivity index (χ4n) is 1.95. The first-order valence-corrected chi connectivity index (χ1v) is 5.12. The molecule has 0 bridgehead atoms. The molecule has 2 amide bonds.